The van der Waals surface area contributed by atoms with Gasteiger partial charge in [-0.25, -0.2) is 13.1 Å². The molecule has 1 atom stereocenters. The van der Waals surface area contributed by atoms with Crippen LogP contribution in [0.3, 0.4) is 0 Å². The Labute approximate surface area is 148 Å². The van der Waals surface area contributed by atoms with Gasteiger partial charge in [-0.05, 0) is 55.7 Å². The van der Waals surface area contributed by atoms with E-state index in [1.165, 1.54) is 0 Å². The molecule has 1 aliphatic heterocycles. The van der Waals surface area contributed by atoms with Crippen molar-refractivity contribution in [3.8, 4) is 0 Å². The van der Waals surface area contributed by atoms with Crippen LogP contribution < -0.4 is 9.62 Å². The molecule has 132 valence electrons. The van der Waals surface area contributed by atoms with Gasteiger partial charge in [-0.15, -0.1) is 0 Å². The first-order valence-corrected chi connectivity index (χ1v) is 9.93. The first kappa shape index (κ1) is 17.6. The van der Waals surface area contributed by atoms with E-state index in [2.05, 4.69) is 4.72 Å². The van der Waals surface area contributed by atoms with Crippen LogP contribution in [0.4, 0.5) is 5.69 Å². The van der Waals surface area contributed by atoms with E-state index in [0.29, 0.717) is 18.5 Å². The molecule has 0 fully saturated rings. The van der Waals surface area contributed by atoms with Crippen molar-refractivity contribution in [2.45, 2.75) is 37.6 Å². The van der Waals surface area contributed by atoms with Crippen molar-refractivity contribution in [1.82, 2.24) is 4.72 Å². The largest absolute Gasteiger partial charge is 0.308 e. The maximum atomic E-state index is 12.7. The lowest BCUT2D eigenvalue weighted by atomic mass is 10.1. The van der Waals surface area contributed by atoms with Gasteiger partial charge in [-0.1, -0.05) is 25.1 Å². The maximum absolute atomic E-state index is 12.7. The minimum absolute atomic E-state index is 0.0623. The van der Waals surface area contributed by atoms with Gasteiger partial charge in [0.1, 0.15) is 0 Å². The van der Waals surface area contributed by atoms with E-state index in [-0.39, 0.29) is 16.8 Å². The SMILES string of the molecule is CC[C@H](C)NS(=O)(=O)c1ccc2c(c1)CCN2C(=O)c1ccccc1. The van der Waals surface area contributed by atoms with Gasteiger partial charge >= 0.3 is 0 Å². The second-order valence-electron chi connectivity index (χ2n) is 6.29. The first-order valence-electron chi connectivity index (χ1n) is 8.44. The standard InChI is InChI=1S/C19H22N2O3S/c1-3-14(2)20-25(23,24)17-9-10-18-16(13-17)11-12-21(18)19(22)15-7-5-4-6-8-15/h4-10,13-14,20H,3,11-12H2,1-2H3/t14-/m0/s1. The molecular formula is C19H22N2O3S. The van der Waals surface area contributed by atoms with Gasteiger partial charge < -0.3 is 4.90 Å². The average Bonchev–Trinajstić information content (AvgIpc) is 3.04. The topological polar surface area (TPSA) is 66.5 Å². The van der Waals surface area contributed by atoms with Crippen LogP contribution in [0.25, 0.3) is 0 Å². The van der Waals surface area contributed by atoms with Crippen LogP contribution in [0.2, 0.25) is 0 Å². The van der Waals surface area contributed by atoms with Gasteiger partial charge in [0.15, 0.2) is 0 Å². The minimum atomic E-state index is -3.54. The van der Waals surface area contributed by atoms with Crippen molar-refractivity contribution in [3.63, 3.8) is 0 Å². The molecule has 2 aromatic rings. The van der Waals surface area contributed by atoms with E-state index in [1.54, 1.807) is 35.2 Å². The molecule has 1 amide bonds. The molecule has 0 aliphatic carbocycles. The highest BCUT2D eigenvalue weighted by Crippen LogP contribution is 2.31. The van der Waals surface area contributed by atoms with Crippen molar-refractivity contribution in [2.75, 3.05) is 11.4 Å². The molecule has 0 bridgehead atoms. The molecule has 25 heavy (non-hydrogen) atoms. The zero-order valence-electron chi connectivity index (χ0n) is 14.4. The molecule has 3 rings (SSSR count). The van der Waals surface area contributed by atoms with Crippen LogP contribution in [0.5, 0.6) is 0 Å². The van der Waals surface area contributed by atoms with Gasteiger partial charge in [0.25, 0.3) is 5.91 Å². The molecular weight excluding hydrogens is 336 g/mol. The van der Waals surface area contributed by atoms with Gasteiger partial charge in [-0.2, -0.15) is 0 Å². The van der Waals surface area contributed by atoms with Crippen molar-refractivity contribution in [2.24, 2.45) is 0 Å². The van der Waals surface area contributed by atoms with E-state index in [4.69, 9.17) is 0 Å². The summed E-state index contributed by atoms with van der Waals surface area (Å²) in [6.07, 6.45) is 1.38. The Morgan fingerprint density at radius 3 is 2.60 bits per heavy atom. The predicted octanol–water partition coefficient (Wildman–Crippen LogP) is 2.97. The fourth-order valence-corrected chi connectivity index (χ4v) is 4.29. The molecule has 1 heterocycles. The van der Waals surface area contributed by atoms with Crippen molar-refractivity contribution >= 4 is 21.6 Å². The third kappa shape index (κ3) is 3.60. The fourth-order valence-electron chi connectivity index (χ4n) is 2.91. The number of carbonyl (C=O) groups excluding carboxylic acids is 1. The molecule has 0 radical (unpaired) electrons. The van der Waals surface area contributed by atoms with Crippen LogP contribution in [-0.2, 0) is 16.4 Å². The fraction of sp³-hybridized carbons (Fsp3) is 0.316. The molecule has 5 nitrogen and oxygen atoms in total. The summed E-state index contributed by atoms with van der Waals surface area (Å²) in [7, 11) is -3.54. The maximum Gasteiger partial charge on any atom is 0.258 e. The first-order chi connectivity index (χ1) is 11.9. The van der Waals surface area contributed by atoms with Crippen LogP contribution >= 0.6 is 0 Å². The number of nitrogens with one attached hydrogen (secondary N) is 1. The number of nitrogens with zero attached hydrogens (tertiary/aromatic N) is 1. The summed E-state index contributed by atoms with van der Waals surface area (Å²) < 4.78 is 27.6. The molecule has 0 saturated heterocycles. The van der Waals surface area contributed by atoms with Crippen molar-refractivity contribution < 1.29 is 13.2 Å². The summed E-state index contributed by atoms with van der Waals surface area (Å²) in [4.78, 5) is 14.6. The number of benzene rings is 2. The Morgan fingerprint density at radius 1 is 1.20 bits per heavy atom. The Kier molecular flexibility index (Phi) is 4.92. The number of amides is 1. The number of rotatable bonds is 5. The number of hydrogen-bond acceptors (Lipinski definition) is 3. The normalized spacial score (nSPS) is 15.0. The van der Waals surface area contributed by atoms with Gasteiger partial charge in [-0.3, -0.25) is 4.79 Å². The number of sulfonamides is 1. The third-order valence-electron chi connectivity index (χ3n) is 4.49. The Balaban J connectivity index is 1.87. The molecule has 6 heteroatoms. The van der Waals surface area contributed by atoms with Crippen molar-refractivity contribution in [3.05, 3.63) is 59.7 Å². The summed E-state index contributed by atoms with van der Waals surface area (Å²) in [5, 5.41) is 0. The molecule has 2 aromatic carbocycles. The second kappa shape index (κ2) is 6.98. The summed E-state index contributed by atoms with van der Waals surface area (Å²) >= 11 is 0. The van der Waals surface area contributed by atoms with Gasteiger partial charge in [0, 0.05) is 23.8 Å². The second-order valence-corrected chi connectivity index (χ2v) is 8.01. The Bertz CT molecular complexity index is 879. The summed E-state index contributed by atoms with van der Waals surface area (Å²) in [5.74, 6) is -0.0623. The molecule has 0 saturated carbocycles. The lowest BCUT2D eigenvalue weighted by molar-refractivity contribution is 0.0989. The average molecular weight is 358 g/mol. The highest BCUT2D eigenvalue weighted by molar-refractivity contribution is 7.89. The number of fused-ring (bicyclic) bond motifs is 1. The summed E-state index contributed by atoms with van der Waals surface area (Å²) in [6.45, 7) is 4.33. The molecule has 0 spiro atoms. The number of anilines is 1. The zero-order chi connectivity index (χ0) is 18.0. The lowest BCUT2D eigenvalue weighted by Crippen LogP contribution is -2.32. The summed E-state index contributed by atoms with van der Waals surface area (Å²) in [5.41, 5.74) is 2.30. The highest BCUT2D eigenvalue weighted by Gasteiger charge is 2.27. The lowest BCUT2D eigenvalue weighted by Gasteiger charge is -2.18. The molecule has 0 aromatic heterocycles. The smallest absolute Gasteiger partial charge is 0.258 e. The molecule has 1 aliphatic rings. The van der Waals surface area contributed by atoms with Gasteiger partial charge in [0.05, 0.1) is 4.90 Å². The monoisotopic (exact) mass is 358 g/mol. The van der Waals surface area contributed by atoms with E-state index in [0.717, 1.165) is 17.7 Å². The zero-order valence-corrected chi connectivity index (χ0v) is 15.2. The van der Waals surface area contributed by atoms with Crippen LogP contribution in [0.15, 0.2) is 53.4 Å². The number of carbonyl (C=O) groups is 1. The van der Waals surface area contributed by atoms with E-state index in [1.807, 2.05) is 32.0 Å². The highest BCUT2D eigenvalue weighted by atomic mass is 32.2. The minimum Gasteiger partial charge on any atom is -0.308 e. The third-order valence-corrected chi connectivity index (χ3v) is 6.08. The van der Waals surface area contributed by atoms with E-state index < -0.39 is 10.0 Å². The Hall–Kier alpha value is -2.18. The molecule has 1 N–H and O–H groups in total. The van der Waals surface area contributed by atoms with Crippen molar-refractivity contribution in [1.29, 1.82) is 0 Å². The summed E-state index contributed by atoms with van der Waals surface area (Å²) in [6, 6.07) is 14.0. The Morgan fingerprint density at radius 2 is 1.92 bits per heavy atom. The predicted molar refractivity (Wildman–Crippen MR) is 98.3 cm³/mol. The van der Waals surface area contributed by atoms with Crippen LogP contribution in [0.1, 0.15) is 36.2 Å². The van der Waals surface area contributed by atoms with Crippen LogP contribution in [0, 0.1) is 0 Å². The van der Waals surface area contributed by atoms with E-state index in [9.17, 15) is 13.2 Å². The quantitative estimate of drug-likeness (QED) is 0.893. The number of hydrogen-bond donors (Lipinski definition) is 1. The molecule has 0 unspecified atom stereocenters. The van der Waals surface area contributed by atoms with E-state index >= 15 is 0 Å². The van der Waals surface area contributed by atoms with Gasteiger partial charge in [0.2, 0.25) is 10.0 Å². The van der Waals surface area contributed by atoms with Crippen LogP contribution in [-0.4, -0.2) is 26.9 Å².